The summed E-state index contributed by atoms with van der Waals surface area (Å²) in [5.41, 5.74) is 15.5. The Morgan fingerprint density at radius 3 is 2.12 bits per heavy atom. The molecule has 2 aromatic heterocycles. The van der Waals surface area contributed by atoms with E-state index in [0.29, 0.717) is 5.84 Å². The first-order valence-corrected chi connectivity index (χ1v) is 20.3. The van der Waals surface area contributed by atoms with Crippen LogP contribution in [0.3, 0.4) is 0 Å². The molecular formula is C54H38N4O. The number of hydrogen-bond donors (Lipinski definition) is 1. The van der Waals surface area contributed by atoms with E-state index in [1.54, 1.807) is 0 Å². The molecule has 1 atom stereocenters. The number of amidine groups is 2. The predicted molar refractivity (Wildman–Crippen MR) is 243 cm³/mol. The van der Waals surface area contributed by atoms with Crippen molar-refractivity contribution in [2.45, 2.75) is 25.4 Å². The van der Waals surface area contributed by atoms with E-state index in [2.05, 4.69) is 188 Å². The van der Waals surface area contributed by atoms with Crippen LogP contribution < -0.4 is 5.32 Å². The average Bonchev–Trinajstić information content (AvgIpc) is 3.92. The largest absolute Gasteiger partial charge is 0.455 e. The van der Waals surface area contributed by atoms with Gasteiger partial charge in [0.05, 0.1) is 16.6 Å². The molecule has 0 bridgehead atoms. The van der Waals surface area contributed by atoms with Crippen LogP contribution in [0.15, 0.2) is 196 Å². The van der Waals surface area contributed by atoms with Crippen molar-refractivity contribution in [1.82, 2.24) is 9.88 Å². The summed E-state index contributed by atoms with van der Waals surface area (Å²) >= 11 is 0. The summed E-state index contributed by atoms with van der Waals surface area (Å²) in [6.07, 6.45) is -0.359. The van der Waals surface area contributed by atoms with Crippen molar-refractivity contribution in [2.75, 3.05) is 0 Å². The van der Waals surface area contributed by atoms with Gasteiger partial charge in [-0.05, 0) is 81.4 Å². The Morgan fingerprint density at radius 1 is 0.542 bits per heavy atom. The second kappa shape index (κ2) is 12.8. The van der Waals surface area contributed by atoms with Gasteiger partial charge in [0.15, 0.2) is 5.84 Å². The first-order valence-electron chi connectivity index (χ1n) is 20.3. The standard InChI is InChI=1S/C54H38N4O/c1-54(2)44-24-11-9-19-38(44)39-29-27-35(32-45(39)54)52-55-51(33-15-5-3-6-16-33)56-53(57-52)42-23-13-22-41-49-37(21-14-26-48(49)59-50(41)42)34-28-30-47-43(31-34)40-20-10-12-25-46(40)58(47)36-17-7-4-8-18-36/h3-32,52H,1-2H3,(H,55,56,57). The van der Waals surface area contributed by atoms with Crippen LogP contribution in [0.25, 0.3) is 71.7 Å². The number of hydrogen-bond acceptors (Lipinski definition) is 4. The van der Waals surface area contributed by atoms with E-state index in [1.807, 2.05) is 18.2 Å². The highest BCUT2D eigenvalue weighted by molar-refractivity contribution is 6.22. The number of fused-ring (bicyclic) bond motifs is 9. The Hall–Kier alpha value is -7.50. The normalized spacial score (nSPS) is 15.6. The summed E-state index contributed by atoms with van der Waals surface area (Å²) in [4.78, 5) is 10.6. The van der Waals surface area contributed by atoms with E-state index >= 15 is 0 Å². The average molecular weight is 759 g/mol. The van der Waals surface area contributed by atoms with Crippen LogP contribution >= 0.6 is 0 Å². The summed E-state index contributed by atoms with van der Waals surface area (Å²) in [7, 11) is 0. The minimum atomic E-state index is -0.359. The van der Waals surface area contributed by atoms with Crippen LogP contribution in [0, 0.1) is 0 Å². The lowest BCUT2D eigenvalue weighted by Crippen LogP contribution is -2.33. The zero-order valence-corrected chi connectivity index (χ0v) is 32.6. The summed E-state index contributed by atoms with van der Waals surface area (Å²) in [6.45, 7) is 4.64. The minimum absolute atomic E-state index is 0.124. The number of benzene rings is 8. The summed E-state index contributed by atoms with van der Waals surface area (Å²) in [6, 6.07) is 64.7. The van der Waals surface area contributed by atoms with Gasteiger partial charge in [-0.1, -0.05) is 153 Å². The third kappa shape index (κ3) is 5.11. The third-order valence-electron chi connectivity index (χ3n) is 12.5. The Kier molecular flexibility index (Phi) is 7.27. The minimum Gasteiger partial charge on any atom is -0.455 e. The maximum atomic E-state index is 6.85. The molecule has 0 saturated carbocycles. The lowest BCUT2D eigenvalue weighted by atomic mass is 9.82. The zero-order chi connectivity index (χ0) is 39.2. The summed E-state index contributed by atoms with van der Waals surface area (Å²) in [5.74, 6) is 1.41. The molecule has 0 spiro atoms. The monoisotopic (exact) mass is 758 g/mol. The molecule has 12 rings (SSSR count). The highest BCUT2D eigenvalue weighted by atomic mass is 16.3. The molecule has 5 heteroatoms. The molecule has 0 saturated heterocycles. The van der Waals surface area contributed by atoms with Crippen LogP contribution in [0.5, 0.6) is 0 Å². The molecule has 3 heterocycles. The fourth-order valence-electron chi connectivity index (χ4n) is 9.63. The number of para-hydroxylation sites is 3. The third-order valence-corrected chi connectivity index (χ3v) is 12.5. The fourth-order valence-corrected chi connectivity index (χ4v) is 9.63. The summed E-state index contributed by atoms with van der Waals surface area (Å²) < 4.78 is 9.21. The maximum absolute atomic E-state index is 6.85. The van der Waals surface area contributed by atoms with Crippen LogP contribution in [-0.2, 0) is 5.41 Å². The Balaban J connectivity index is 1.01. The van der Waals surface area contributed by atoms with Gasteiger partial charge in [-0.2, -0.15) is 0 Å². The first-order chi connectivity index (χ1) is 29.0. The second-order valence-electron chi connectivity index (χ2n) is 16.2. The molecule has 0 amide bonds. The van der Waals surface area contributed by atoms with E-state index in [1.165, 1.54) is 44.1 Å². The molecule has 2 aliphatic rings. The zero-order valence-electron chi connectivity index (χ0n) is 32.6. The van der Waals surface area contributed by atoms with Gasteiger partial charge in [-0.3, -0.25) is 0 Å². The van der Waals surface area contributed by atoms with Gasteiger partial charge in [0.1, 0.15) is 23.2 Å². The van der Waals surface area contributed by atoms with E-state index in [-0.39, 0.29) is 11.6 Å². The lowest BCUT2D eigenvalue weighted by Gasteiger charge is -2.26. The smallest absolute Gasteiger partial charge is 0.163 e. The van der Waals surface area contributed by atoms with Crippen LogP contribution in [0.2, 0.25) is 0 Å². The highest BCUT2D eigenvalue weighted by Crippen LogP contribution is 2.49. The quantitative estimate of drug-likeness (QED) is 0.190. The van der Waals surface area contributed by atoms with Crippen molar-refractivity contribution in [3.8, 4) is 27.9 Å². The fraction of sp³-hybridized carbons (Fsp3) is 0.0741. The van der Waals surface area contributed by atoms with Crippen molar-refractivity contribution < 1.29 is 4.42 Å². The van der Waals surface area contributed by atoms with E-state index in [9.17, 15) is 0 Å². The number of nitrogens with zero attached hydrogens (tertiary/aromatic N) is 3. The van der Waals surface area contributed by atoms with Gasteiger partial charge in [0, 0.05) is 38.2 Å². The van der Waals surface area contributed by atoms with Gasteiger partial charge >= 0.3 is 0 Å². The lowest BCUT2D eigenvalue weighted by molar-refractivity contribution is 0.645. The number of aliphatic imine (C=N–C) groups is 2. The second-order valence-corrected chi connectivity index (χ2v) is 16.2. The molecule has 1 unspecified atom stereocenters. The molecule has 8 aromatic carbocycles. The predicted octanol–water partition coefficient (Wildman–Crippen LogP) is 13.2. The van der Waals surface area contributed by atoms with Gasteiger partial charge < -0.3 is 14.3 Å². The number of nitrogens with one attached hydrogen (secondary N) is 1. The molecule has 0 radical (unpaired) electrons. The number of furan rings is 1. The maximum Gasteiger partial charge on any atom is 0.163 e. The van der Waals surface area contributed by atoms with E-state index < -0.39 is 0 Å². The van der Waals surface area contributed by atoms with Crippen molar-refractivity contribution in [1.29, 1.82) is 0 Å². The van der Waals surface area contributed by atoms with Gasteiger partial charge in [-0.25, -0.2) is 9.98 Å². The van der Waals surface area contributed by atoms with Gasteiger partial charge in [-0.15, -0.1) is 0 Å². The Labute approximate surface area is 341 Å². The van der Waals surface area contributed by atoms with Crippen molar-refractivity contribution in [2.24, 2.45) is 9.98 Å². The Bertz CT molecular complexity index is 3390. The van der Waals surface area contributed by atoms with Gasteiger partial charge in [0.25, 0.3) is 0 Å². The van der Waals surface area contributed by atoms with E-state index in [4.69, 9.17) is 14.4 Å². The van der Waals surface area contributed by atoms with Crippen LogP contribution in [-0.4, -0.2) is 16.2 Å². The molecule has 1 aliphatic carbocycles. The molecule has 1 N–H and O–H groups in total. The molecule has 10 aromatic rings. The van der Waals surface area contributed by atoms with Crippen molar-refractivity contribution in [3.63, 3.8) is 0 Å². The Morgan fingerprint density at radius 2 is 1.24 bits per heavy atom. The van der Waals surface area contributed by atoms with Crippen LogP contribution in [0.4, 0.5) is 0 Å². The highest BCUT2D eigenvalue weighted by Gasteiger charge is 2.36. The van der Waals surface area contributed by atoms with Gasteiger partial charge in [0.2, 0.25) is 0 Å². The first kappa shape index (κ1) is 33.6. The SMILES string of the molecule is CC1(C)c2ccccc2-c2ccc(C3N=C(c4cccc5c4oc4cccc(-c6ccc7c(c6)c6ccccc6n7-c6ccccc6)c45)N=C(c4ccccc4)N3)cc21. The molecule has 0 fully saturated rings. The topological polar surface area (TPSA) is 54.8 Å². The number of rotatable bonds is 5. The molecule has 5 nitrogen and oxygen atoms in total. The molecular weight excluding hydrogens is 721 g/mol. The molecule has 280 valence electrons. The summed E-state index contributed by atoms with van der Waals surface area (Å²) in [5, 5.41) is 8.25. The van der Waals surface area contributed by atoms with Crippen LogP contribution in [0.1, 0.15) is 47.8 Å². The van der Waals surface area contributed by atoms with Crippen molar-refractivity contribution >= 4 is 55.4 Å². The van der Waals surface area contributed by atoms with Crippen molar-refractivity contribution in [3.05, 3.63) is 210 Å². The number of aromatic nitrogens is 1. The molecule has 59 heavy (non-hydrogen) atoms. The molecule has 1 aliphatic heterocycles. The van der Waals surface area contributed by atoms with E-state index in [0.717, 1.165) is 61.3 Å².